The zero-order valence-electron chi connectivity index (χ0n) is 13.8. The summed E-state index contributed by atoms with van der Waals surface area (Å²) in [4.78, 5) is 2.55. The van der Waals surface area contributed by atoms with Gasteiger partial charge < -0.3 is 5.73 Å². The second-order valence-electron chi connectivity index (χ2n) is 6.61. The molecule has 0 saturated carbocycles. The van der Waals surface area contributed by atoms with Gasteiger partial charge in [-0.05, 0) is 45.7 Å². The van der Waals surface area contributed by atoms with Gasteiger partial charge in [0.2, 0.25) is 0 Å². The van der Waals surface area contributed by atoms with Crippen molar-refractivity contribution in [1.82, 2.24) is 14.7 Å². The Balaban J connectivity index is 1.81. The molecule has 1 fully saturated rings. The van der Waals surface area contributed by atoms with Crippen LogP contribution in [0.4, 0.5) is 5.82 Å². The summed E-state index contributed by atoms with van der Waals surface area (Å²) in [5.41, 5.74) is 9.49. The van der Waals surface area contributed by atoms with Gasteiger partial charge in [0.1, 0.15) is 5.82 Å². The quantitative estimate of drug-likeness (QED) is 0.943. The number of rotatable bonds is 3. The molecule has 2 N–H and O–H groups in total. The molecule has 1 aromatic heterocycles. The van der Waals surface area contributed by atoms with Crippen molar-refractivity contribution in [2.24, 2.45) is 0 Å². The molecule has 1 aliphatic rings. The van der Waals surface area contributed by atoms with Crippen LogP contribution in [-0.4, -0.2) is 26.8 Å². The Labute approximate surface area is 132 Å². The van der Waals surface area contributed by atoms with Gasteiger partial charge in [-0.2, -0.15) is 5.10 Å². The van der Waals surface area contributed by atoms with Gasteiger partial charge in [-0.1, -0.05) is 24.1 Å². The van der Waals surface area contributed by atoms with Gasteiger partial charge in [0, 0.05) is 24.7 Å². The van der Waals surface area contributed by atoms with Crippen LogP contribution in [0.2, 0.25) is 0 Å². The van der Waals surface area contributed by atoms with E-state index in [1.54, 1.807) is 0 Å². The summed E-state index contributed by atoms with van der Waals surface area (Å²) in [5.74, 6) is 0.705. The van der Waals surface area contributed by atoms with E-state index in [-0.39, 0.29) is 0 Å². The molecule has 3 rings (SSSR count). The first-order valence-electron chi connectivity index (χ1n) is 8.22. The topological polar surface area (TPSA) is 47.1 Å². The molecule has 1 aromatic carbocycles. The van der Waals surface area contributed by atoms with Gasteiger partial charge in [-0.15, -0.1) is 0 Å². The van der Waals surface area contributed by atoms with E-state index < -0.39 is 0 Å². The number of aromatic nitrogens is 2. The molecule has 2 heterocycles. The van der Waals surface area contributed by atoms with Crippen LogP contribution < -0.4 is 5.73 Å². The Morgan fingerprint density at radius 3 is 2.41 bits per heavy atom. The van der Waals surface area contributed by atoms with Crippen molar-refractivity contribution >= 4 is 5.82 Å². The third-order valence-corrected chi connectivity index (χ3v) is 4.79. The van der Waals surface area contributed by atoms with E-state index in [9.17, 15) is 0 Å². The predicted octanol–water partition coefficient (Wildman–Crippen LogP) is 3.53. The number of benzene rings is 1. The van der Waals surface area contributed by atoms with Crippen molar-refractivity contribution in [2.75, 3.05) is 5.73 Å². The SMILES string of the molecule is Cc1ccc(-n2nc(CN3C(C)CCCC3C)cc2N)cc1. The maximum atomic E-state index is 6.17. The minimum atomic E-state index is 0.620. The van der Waals surface area contributed by atoms with Crippen LogP contribution in [0, 0.1) is 6.92 Å². The summed E-state index contributed by atoms with van der Waals surface area (Å²) >= 11 is 0. The first kappa shape index (κ1) is 15.1. The Morgan fingerprint density at radius 2 is 1.77 bits per heavy atom. The molecule has 2 aromatic rings. The maximum Gasteiger partial charge on any atom is 0.127 e. The molecule has 0 bridgehead atoms. The van der Waals surface area contributed by atoms with Gasteiger partial charge in [0.25, 0.3) is 0 Å². The summed E-state index contributed by atoms with van der Waals surface area (Å²) in [6, 6.07) is 11.6. The van der Waals surface area contributed by atoms with Crippen LogP contribution in [-0.2, 0) is 6.54 Å². The van der Waals surface area contributed by atoms with Crippen molar-refractivity contribution in [2.45, 2.75) is 58.7 Å². The number of hydrogen-bond acceptors (Lipinski definition) is 3. The average molecular weight is 298 g/mol. The van der Waals surface area contributed by atoms with Crippen LogP contribution in [0.5, 0.6) is 0 Å². The summed E-state index contributed by atoms with van der Waals surface area (Å²) in [7, 11) is 0. The smallest absolute Gasteiger partial charge is 0.127 e. The fourth-order valence-electron chi connectivity index (χ4n) is 3.39. The molecule has 0 aliphatic carbocycles. The molecule has 22 heavy (non-hydrogen) atoms. The lowest BCUT2D eigenvalue weighted by atomic mass is 9.97. The lowest BCUT2D eigenvalue weighted by molar-refractivity contribution is 0.0937. The Hall–Kier alpha value is -1.81. The molecule has 4 heteroatoms. The lowest BCUT2D eigenvalue weighted by Gasteiger charge is -2.38. The summed E-state index contributed by atoms with van der Waals surface area (Å²) in [5, 5.41) is 4.72. The first-order chi connectivity index (χ1) is 10.5. The van der Waals surface area contributed by atoms with Crippen LogP contribution in [0.3, 0.4) is 0 Å². The largest absolute Gasteiger partial charge is 0.384 e. The highest BCUT2D eigenvalue weighted by Crippen LogP contribution is 2.25. The van der Waals surface area contributed by atoms with Gasteiger partial charge in [0.15, 0.2) is 0 Å². The van der Waals surface area contributed by atoms with Crippen LogP contribution in [0.1, 0.15) is 44.4 Å². The Morgan fingerprint density at radius 1 is 1.14 bits per heavy atom. The van der Waals surface area contributed by atoms with Crippen molar-refractivity contribution < 1.29 is 0 Å². The molecule has 2 unspecified atom stereocenters. The van der Waals surface area contributed by atoms with Crippen molar-refractivity contribution in [3.8, 4) is 5.69 Å². The van der Waals surface area contributed by atoms with Gasteiger partial charge >= 0.3 is 0 Å². The van der Waals surface area contributed by atoms with E-state index in [4.69, 9.17) is 10.8 Å². The highest BCUT2D eigenvalue weighted by atomic mass is 15.3. The predicted molar refractivity (Wildman–Crippen MR) is 91.0 cm³/mol. The zero-order valence-corrected chi connectivity index (χ0v) is 13.8. The number of hydrogen-bond donors (Lipinski definition) is 1. The van der Waals surface area contributed by atoms with Crippen LogP contribution >= 0.6 is 0 Å². The van der Waals surface area contributed by atoms with E-state index >= 15 is 0 Å². The monoisotopic (exact) mass is 298 g/mol. The minimum Gasteiger partial charge on any atom is -0.384 e. The number of aryl methyl sites for hydroxylation is 1. The number of likely N-dealkylation sites (tertiary alicyclic amines) is 1. The fraction of sp³-hybridized carbons (Fsp3) is 0.500. The van der Waals surface area contributed by atoms with Crippen LogP contribution in [0.25, 0.3) is 5.69 Å². The lowest BCUT2D eigenvalue weighted by Crippen LogP contribution is -2.43. The summed E-state index contributed by atoms with van der Waals surface area (Å²) in [6.07, 6.45) is 3.88. The fourth-order valence-corrected chi connectivity index (χ4v) is 3.39. The third kappa shape index (κ3) is 3.02. The molecule has 0 radical (unpaired) electrons. The van der Waals surface area contributed by atoms with Gasteiger partial charge in [0.05, 0.1) is 11.4 Å². The Bertz CT molecular complexity index is 619. The highest BCUT2D eigenvalue weighted by Gasteiger charge is 2.25. The Kier molecular flexibility index (Phi) is 4.21. The van der Waals surface area contributed by atoms with Gasteiger partial charge in [-0.3, -0.25) is 4.90 Å². The number of nitrogens with zero attached hydrogens (tertiary/aromatic N) is 3. The molecule has 0 spiro atoms. The number of anilines is 1. The molecule has 1 aliphatic heterocycles. The van der Waals surface area contributed by atoms with E-state index in [0.29, 0.717) is 17.9 Å². The molecule has 118 valence electrons. The maximum absolute atomic E-state index is 6.17. The van der Waals surface area contributed by atoms with E-state index in [2.05, 4.69) is 49.9 Å². The molecule has 1 saturated heterocycles. The third-order valence-electron chi connectivity index (χ3n) is 4.79. The van der Waals surface area contributed by atoms with Crippen molar-refractivity contribution in [3.05, 3.63) is 41.6 Å². The number of nitrogens with two attached hydrogens (primary N) is 1. The molecule has 4 nitrogen and oxygen atoms in total. The summed E-state index contributed by atoms with van der Waals surface area (Å²) in [6.45, 7) is 7.60. The van der Waals surface area contributed by atoms with E-state index in [1.165, 1.54) is 24.8 Å². The number of piperidine rings is 1. The normalized spacial score (nSPS) is 22.9. The van der Waals surface area contributed by atoms with Crippen molar-refractivity contribution in [1.29, 1.82) is 0 Å². The molecule has 2 atom stereocenters. The molecular formula is C18H26N4. The van der Waals surface area contributed by atoms with Crippen LogP contribution in [0.15, 0.2) is 30.3 Å². The van der Waals surface area contributed by atoms with E-state index in [0.717, 1.165) is 17.9 Å². The second kappa shape index (κ2) is 6.13. The second-order valence-corrected chi connectivity index (χ2v) is 6.61. The molecule has 0 amide bonds. The van der Waals surface area contributed by atoms with Crippen molar-refractivity contribution in [3.63, 3.8) is 0 Å². The molecular weight excluding hydrogens is 272 g/mol. The zero-order chi connectivity index (χ0) is 15.7. The summed E-state index contributed by atoms with van der Waals surface area (Å²) < 4.78 is 1.84. The minimum absolute atomic E-state index is 0.620. The number of nitrogen functional groups attached to an aromatic ring is 1. The van der Waals surface area contributed by atoms with Gasteiger partial charge in [-0.25, -0.2) is 4.68 Å². The van der Waals surface area contributed by atoms with E-state index in [1.807, 2.05) is 10.7 Å². The first-order valence-corrected chi connectivity index (χ1v) is 8.22. The highest BCUT2D eigenvalue weighted by molar-refractivity contribution is 5.43. The average Bonchev–Trinajstić information content (AvgIpc) is 2.85. The standard InChI is InChI=1S/C18H26N4/c1-13-7-9-17(10-8-13)22-18(19)11-16(20-22)12-21-14(2)5-4-6-15(21)3/h7-11,14-15H,4-6,12,19H2,1-3H3.